The molecule has 1 nitrogen and oxygen atoms in total. The van der Waals surface area contributed by atoms with Crippen LogP contribution in [0, 0.1) is 41.5 Å². The number of rotatable bonds is 4. The van der Waals surface area contributed by atoms with E-state index < -0.39 is 0 Å². The van der Waals surface area contributed by atoms with Crippen molar-refractivity contribution in [1.82, 2.24) is 0 Å². The highest BCUT2D eigenvalue weighted by Gasteiger charge is 2.13. The van der Waals surface area contributed by atoms with Gasteiger partial charge in [-0.1, -0.05) is 35.9 Å². The van der Waals surface area contributed by atoms with Gasteiger partial charge in [-0.2, -0.15) is 0 Å². The fraction of sp³-hybridized carbons (Fsp3) is 0.364. The molecule has 0 saturated carbocycles. The van der Waals surface area contributed by atoms with Crippen LogP contribution in [0.3, 0.4) is 0 Å². The molecule has 0 aromatic heterocycles. The lowest BCUT2D eigenvalue weighted by Crippen LogP contribution is -2.00. The van der Waals surface area contributed by atoms with Gasteiger partial charge in [0.05, 0.1) is 7.11 Å². The summed E-state index contributed by atoms with van der Waals surface area (Å²) in [7, 11) is 1.76. The van der Waals surface area contributed by atoms with Gasteiger partial charge in [0.15, 0.2) is 0 Å². The minimum absolute atomic E-state index is 0.945. The third-order valence-electron chi connectivity index (χ3n) is 5.00. The Morgan fingerprint density at radius 2 is 1.52 bits per heavy atom. The van der Waals surface area contributed by atoms with Crippen molar-refractivity contribution in [3.05, 3.63) is 68.8 Å². The number of allylic oxidation sites excluding steroid dienone is 1. The number of benzene rings is 2. The van der Waals surface area contributed by atoms with Crippen LogP contribution in [0.15, 0.2) is 24.3 Å². The average Bonchev–Trinajstić information content (AvgIpc) is 2.52. The number of methoxy groups -OCH3 is 1. The Morgan fingerprint density at radius 3 is 2.13 bits per heavy atom. The van der Waals surface area contributed by atoms with E-state index in [1.807, 2.05) is 0 Å². The third kappa shape index (κ3) is 3.50. The largest absolute Gasteiger partial charge is 0.496 e. The highest BCUT2D eigenvalue weighted by Crippen LogP contribution is 2.33. The van der Waals surface area contributed by atoms with E-state index in [2.05, 4.69) is 71.9 Å². The summed E-state index contributed by atoms with van der Waals surface area (Å²) in [6.45, 7) is 13.0. The molecule has 0 bridgehead atoms. The van der Waals surface area contributed by atoms with Crippen LogP contribution in [0.1, 0.15) is 44.5 Å². The zero-order chi connectivity index (χ0) is 17.1. The second kappa shape index (κ2) is 7.04. The van der Waals surface area contributed by atoms with Crippen molar-refractivity contribution in [2.45, 2.75) is 48.0 Å². The molecule has 0 heterocycles. The maximum absolute atomic E-state index is 5.68. The van der Waals surface area contributed by atoms with Crippen molar-refractivity contribution in [2.75, 3.05) is 7.11 Å². The molecular weight excluding hydrogens is 280 g/mol. The molecule has 0 amide bonds. The molecule has 0 unspecified atom stereocenters. The summed E-state index contributed by atoms with van der Waals surface area (Å²) in [6, 6.07) is 6.65. The first-order chi connectivity index (χ1) is 10.9. The summed E-state index contributed by atoms with van der Waals surface area (Å²) in [6.07, 6.45) is 5.41. The lowest BCUT2D eigenvalue weighted by atomic mass is 9.92. The maximum Gasteiger partial charge on any atom is 0.129 e. The SMILES string of the molecule is COc1c(C)c(C)c(C)c(C)c1C=CCc1ccc(C)cc1C. The molecule has 0 N–H and O–H groups in total. The predicted molar refractivity (Wildman–Crippen MR) is 101 cm³/mol. The summed E-state index contributed by atoms with van der Waals surface area (Å²) >= 11 is 0. The molecule has 0 aliphatic carbocycles. The lowest BCUT2D eigenvalue weighted by molar-refractivity contribution is 0.410. The monoisotopic (exact) mass is 308 g/mol. The standard InChI is InChI=1S/C22H28O/c1-14-11-12-20(15(2)13-14)9-8-10-21-18(5)16(3)17(4)19(6)22(21)23-7/h8,10-13H,9H2,1-7H3. The molecule has 2 rings (SSSR count). The Hall–Kier alpha value is -2.02. The van der Waals surface area contributed by atoms with E-state index >= 15 is 0 Å². The summed E-state index contributed by atoms with van der Waals surface area (Å²) in [5.41, 5.74) is 10.5. The van der Waals surface area contributed by atoms with Crippen LogP contribution in [-0.4, -0.2) is 7.11 Å². The Morgan fingerprint density at radius 1 is 0.870 bits per heavy atom. The molecule has 0 spiro atoms. The quantitative estimate of drug-likeness (QED) is 0.693. The third-order valence-corrected chi connectivity index (χ3v) is 5.00. The Kier molecular flexibility index (Phi) is 5.30. The zero-order valence-electron chi connectivity index (χ0n) is 15.5. The molecular formula is C22H28O. The van der Waals surface area contributed by atoms with Gasteiger partial charge in [-0.15, -0.1) is 0 Å². The van der Waals surface area contributed by atoms with Gasteiger partial charge in [-0.25, -0.2) is 0 Å². The zero-order valence-corrected chi connectivity index (χ0v) is 15.5. The first-order valence-corrected chi connectivity index (χ1v) is 8.23. The normalized spacial score (nSPS) is 11.3. The second-order valence-corrected chi connectivity index (χ2v) is 6.48. The van der Waals surface area contributed by atoms with Crippen LogP contribution in [0.25, 0.3) is 6.08 Å². The van der Waals surface area contributed by atoms with Crippen LogP contribution < -0.4 is 4.74 Å². The number of aryl methyl sites for hydroxylation is 2. The van der Waals surface area contributed by atoms with Crippen LogP contribution in [-0.2, 0) is 6.42 Å². The summed E-state index contributed by atoms with van der Waals surface area (Å²) in [5, 5.41) is 0. The van der Waals surface area contributed by atoms with Crippen molar-refractivity contribution < 1.29 is 4.74 Å². The van der Waals surface area contributed by atoms with Crippen molar-refractivity contribution in [3.8, 4) is 5.75 Å². The van der Waals surface area contributed by atoms with Crippen molar-refractivity contribution >= 4 is 6.08 Å². The van der Waals surface area contributed by atoms with E-state index in [0.717, 1.165) is 12.2 Å². The minimum Gasteiger partial charge on any atom is -0.496 e. The molecule has 23 heavy (non-hydrogen) atoms. The first kappa shape index (κ1) is 17.3. The molecule has 0 aliphatic rings. The fourth-order valence-corrected chi connectivity index (χ4v) is 3.15. The van der Waals surface area contributed by atoms with E-state index in [1.54, 1.807) is 7.11 Å². The van der Waals surface area contributed by atoms with E-state index in [4.69, 9.17) is 4.74 Å². The van der Waals surface area contributed by atoms with E-state index in [0.29, 0.717) is 0 Å². The molecule has 0 saturated heterocycles. The second-order valence-electron chi connectivity index (χ2n) is 6.48. The van der Waals surface area contributed by atoms with Gasteiger partial charge in [0, 0.05) is 5.56 Å². The maximum atomic E-state index is 5.68. The molecule has 0 fully saturated rings. The highest BCUT2D eigenvalue weighted by molar-refractivity contribution is 5.67. The Labute approximate surface area is 141 Å². The molecule has 122 valence electrons. The van der Waals surface area contributed by atoms with Gasteiger partial charge in [-0.05, 0) is 81.3 Å². The van der Waals surface area contributed by atoms with Gasteiger partial charge in [0.25, 0.3) is 0 Å². The van der Waals surface area contributed by atoms with Crippen LogP contribution >= 0.6 is 0 Å². The summed E-state index contributed by atoms with van der Waals surface area (Å²) in [4.78, 5) is 0. The molecule has 0 radical (unpaired) electrons. The van der Waals surface area contributed by atoms with Gasteiger partial charge in [0.2, 0.25) is 0 Å². The molecule has 0 aliphatic heterocycles. The van der Waals surface area contributed by atoms with E-state index in [9.17, 15) is 0 Å². The number of hydrogen-bond donors (Lipinski definition) is 0. The van der Waals surface area contributed by atoms with Crippen LogP contribution in [0.2, 0.25) is 0 Å². The fourth-order valence-electron chi connectivity index (χ4n) is 3.15. The summed E-state index contributed by atoms with van der Waals surface area (Å²) in [5.74, 6) is 1.00. The highest BCUT2D eigenvalue weighted by atomic mass is 16.5. The van der Waals surface area contributed by atoms with Crippen LogP contribution in [0.5, 0.6) is 5.75 Å². The molecule has 1 heteroatoms. The number of ether oxygens (including phenoxy) is 1. The van der Waals surface area contributed by atoms with E-state index in [-0.39, 0.29) is 0 Å². The molecule has 0 atom stereocenters. The number of hydrogen-bond acceptors (Lipinski definition) is 1. The van der Waals surface area contributed by atoms with Gasteiger partial charge < -0.3 is 4.74 Å². The van der Waals surface area contributed by atoms with E-state index in [1.165, 1.54) is 44.5 Å². The van der Waals surface area contributed by atoms with Crippen molar-refractivity contribution in [3.63, 3.8) is 0 Å². The Balaban J connectivity index is 2.36. The topological polar surface area (TPSA) is 9.23 Å². The minimum atomic E-state index is 0.945. The van der Waals surface area contributed by atoms with Crippen LogP contribution in [0.4, 0.5) is 0 Å². The predicted octanol–water partition coefficient (Wildman–Crippen LogP) is 5.80. The van der Waals surface area contributed by atoms with Gasteiger partial charge in [0.1, 0.15) is 5.75 Å². The summed E-state index contributed by atoms with van der Waals surface area (Å²) < 4.78 is 5.68. The average molecular weight is 308 g/mol. The Bertz CT molecular complexity index is 751. The molecule has 2 aromatic rings. The van der Waals surface area contributed by atoms with Gasteiger partial charge >= 0.3 is 0 Å². The van der Waals surface area contributed by atoms with Crippen molar-refractivity contribution in [1.29, 1.82) is 0 Å². The van der Waals surface area contributed by atoms with Gasteiger partial charge in [-0.3, -0.25) is 0 Å². The first-order valence-electron chi connectivity index (χ1n) is 8.23. The van der Waals surface area contributed by atoms with Crippen molar-refractivity contribution in [2.24, 2.45) is 0 Å². The molecule has 2 aromatic carbocycles. The smallest absolute Gasteiger partial charge is 0.129 e. The lowest BCUT2D eigenvalue weighted by Gasteiger charge is -2.17.